The fraction of sp³-hybridized carbons (Fsp3) is 0.381. The van der Waals surface area contributed by atoms with Gasteiger partial charge >= 0.3 is 0 Å². The highest BCUT2D eigenvalue weighted by atomic mass is 16.7. The molecule has 26 heavy (non-hydrogen) atoms. The molecular formula is C21H22NO4+. The molecule has 0 saturated carbocycles. The molecular weight excluding hydrogens is 330 g/mol. The zero-order valence-electron chi connectivity index (χ0n) is 15.2. The maximum Gasteiger partial charge on any atom is 0.231 e. The quantitative estimate of drug-likeness (QED) is 0.779. The molecule has 0 saturated heterocycles. The molecule has 0 fully saturated rings. The molecule has 3 heterocycles. The molecule has 3 aliphatic rings. The molecule has 2 aromatic rings. The molecule has 5 nitrogen and oxygen atoms in total. The Morgan fingerprint density at radius 1 is 1.15 bits per heavy atom. The van der Waals surface area contributed by atoms with Crippen molar-refractivity contribution in [2.24, 2.45) is 0 Å². The summed E-state index contributed by atoms with van der Waals surface area (Å²) in [4.78, 5) is 0. The first kappa shape index (κ1) is 15.9. The third kappa shape index (κ3) is 2.14. The molecule has 0 radical (unpaired) electrons. The van der Waals surface area contributed by atoms with Gasteiger partial charge in [0.15, 0.2) is 24.2 Å². The van der Waals surface area contributed by atoms with Gasteiger partial charge < -0.3 is 18.9 Å². The molecule has 0 amide bonds. The number of fused-ring (bicyclic) bond motifs is 5. The van der Waals surface area contributed by atoms with E-state index in [-0.39, 0.29) is 6.10 Å². The Morgan fingerprint density at radius 2 is 1.96 bits per heavy atom. The van der Waals surface area contributed by atoms with Crippen LogP contribution in [0.1, 0.15) is 29.7 Å². The molecule has 1 aromatic heterocycles. The van der Waals surface area contributed by atoms with Gasteiger partial charge in [-0.2, -0.15) is 4.57 Å². The van der Waals surface area contributed by atoms with Gasteiger partial charge in [0.2, 0.25) is 12.5 Å². The maximum atomic E-state index is 5.82. The van der Waals surface area contributed by atoms with Gasteiger partial charge in [-0.25, -0.2) is 0 Å². The number of benzene rings is 1. The number of rotatable bonds is 2. The first-order valence-corrected chi connectivity index (χ1v) is 8.90. The van der Waals surface area contributed by atoms with Crippen LogP contribution >= 0.6 is 0 Å². The third-order valence-electron chi connectivity index (χ3n) is 5.80. The Morgan fingerprint density at radius 3 is 2.73 bits per heavy atom. The van der Waals surface area contributed by atoms with E-state index in [0.717, 1.165) is 30.0 Å². The van der Waals surface area contributed by atoms with Crippen LogP contribution in [0.15, 0.2) is 30.5 Å². The lowest BCUT2D eigenvalue weighted by Gasteiger charge is -2.36. The average molecular weight is 352 g/mol. The minimum absolute atomic E-state index is 0.136. The van der Waals surface area contributed by atoms with Crippen molar-refractivity contribution in [2.75, 3.05) is 21.0 Å². The van der Waals surface area contributed by atoms with E-state index >= 15 is 0 Å². The number of methoxy groups -OCH3 is 2. The lowest BCUT2D eigenvalue weighted by molar-refractivity contribution is -0.688. The molecule has 0 bridgehead atoms. The van der Waals surface area contributed by atoms with Crippen molar-refractivity contribution in [2.45, 2.75) is 31.6 Å². The molecule has 0 spiro atoms. The SMILES string of the molecule is COC1c2c[n+]3c(cc2C=CC1(C)OC)-c1cc2c(cc1CC3)OCO2. The number of hydrogen-bond acceptors (Lipinski definition) is 4. The van der Waals surface area contributed by atoms with Crippen molar-refractivity contribution in [3.63, 3.8) is 0 Å². The summed E-state index contributed by atoms with van der Waals surface area (Å²) in [5, 5.41) is 0. The molecule has 5 rings (SSSR count). The van der Waals surface area contributed by atoms with Crippen LogP contribution in [0.2, 0.25) is 0 Å². The van der Waals surface area contributed by atoms with E-state index in [0.29, 0.717) is 6.79 Å². The van der Waals surface area contributed by atoms with E-state index in [2.05, 4.69) is 48.0 Å². The van der Waals surface area contributed by atoms with Crippen molar-refractivity contribution in [3.05, 3.63) is 47.2 Å². The smallest absolute Gasteiger partial charge is 0.231 e. The highest BCUT2D eigenvalue weighted by Crippen LogP contribution is 2.43. The van der Waals surface area contributed by atoms with E-state index in [4.69, 9.17) is 18.9 Å². The molecule has 5 heteroatoms. The number of ether oxygens (including phenoxy) is 4. The number of hydrogen-bond donors (Lipinski definition) is 0. The van der Waals surface area contributed by atoms with Crippen molar-refractivity contribution >= 4 is 6.08 Å². The molecule has 2 aliphatic heterocycles. The van der Waals surface area contributed by atoms with E-state index in [1.807, 2.05) is 0 Å². The first-order chi connectivity index (χ1) is 12.6. The summed E-state index contributed by atoms with van der Waals surface area (Å²) in [6.07, 6.45) is 7.27. The summed E-state index contributed by atoms with van der Waals surface area (Å²) >= 11 is 0. The van der Waals surface area contributed by atoms with E-state index < -0.39 is 5.60 Å². The minimum atomic E-state index is -0.463. The van der Waals surface area contributed by atoms with Gasteiger partial charge in [0.1, 0.15) is 11.7 Å². The van der Waals surface area contributed by atoms with Crippen LogP contribution in [0.4, 0.5) is 0 Å². The Hall–Kier alpha value is -2.37. The van der Waals surface area contributed by atoms with Gasteiger partial charge in [0.05, 0.1) is 11.1 Å². The van der Waals surface area contributed by atoms with Gasteiger partial charge in [0, 0.05) is 26.7 Å². The van der Waals surface area contributed by atoms with Crippen molar-refractivity contribution in [3.8, 4) is 22.8 Å². The van der Waals surface area contributed by atoms with E-state index in [1.54, 1.807) is 14.2 Å². The summed E-state index contributed by atoms with van der Waals surface area (Å²) in [6, 6.07) is 6.47. The van der Waals surface area contributed by atoms with Crippen molar-refractivity contribution in [1.29, 1.82) is 0 Å². The Labute approximate surface area is 152 Å². The second kappa shape index (κ2) is 5.56. The Kier molecular flexibility index (Phi) is 3.39. The summed E-state index contributed by atoms with van der Waals surface area (Å²) in [7, 11) is 3.47. The van der Waals surface area contributed by atoms with Crippen LogP contribution in [-0.2, 0) is 22.4 Å². The third-order valence-corrected chi connectivity index (χ3v) is 5.80. The predicted octanol–water partition coefficient (Wildman–Crippen LogP) is 3.05. The van der Waals surface area contributed by atoms with Gasteiger partial charge in [-0.1, -0.05) is 6.08 Å². The van der Waals surface area contributed by atoms with Crippen LogP contribution in [0.5, 0.6) is 11.5 Å². The van der Waals surface area contributed by atoms with Crippen molar-refractivity contribution in [1.82, 2.24) is 0 Å². The Bertz CT molecular complexity index is 936. The van der Waals surface area contributed by atoms with Crippen LogP contribution in [0.3, 0.4) is 0 Å². The lowest BCUT2D eigenvalue weighted by Crippen LogP contribution is -2.43. The van der Waals surface area contributed by atoms with E-state index in [9.17, 15) is 0 Å². The number of aromatic nitrogens is 1. The van der Waals surface area contributed by atoms with Gasteiger partial charge in [0.25, 0.3) is 0 Å². The Balaban J connectivity index is 1.67. The largest absolute Gasteiger partial charge is 0.454 e. The van der Waals surface area contributed by atoms with Crippen LogP contribution in [-0.4, -0.2) is 26.6 Å². The summed E-state index contributed by atoms with van der Waals surface area (Å²) in [5.74, 6) is 1.68. The molecule has 134 valence electrons. The van der Waals surface area contributed by atoms with Crippen LogP contribution in [0.25, 0.3) is 17.3 Å². The lowest BCUT2D eigenvalue weighted by atomic mass is 9.83. The zero-order valence-corrected chi connectivity index (χ0v) is 15.2. The highest BCUT2D eigenvalue weighted by Gasteiger charge is 2.40. The molecule has 2 atom stereocenters. The fourth-order valence-corrected chi connectivity index (χ4v) is 4.26. The minimum Gasteiger partial charge on any atom is -0.454 e. The standard InChI is InChI=1S/C21H22NO4/c1-21(24-3)6-4-13-8-17-15-10-19-18(25-12-26-19)9-14(15)5-7-22(17)11-16(13)20(21)23-2/h4,6,8-11,20H,5,7,12H2,1-3H3/q+1. The summed E-state index contributed by atoms with van der Waals surface area (Å²) < 4.78 is 25.0. The monoisotopic (exact) mass is 352 g/mol. The summed E-state index contributed by atoms with van der Waals surface area (Å²) in [6.45, 7) is 3.29. The normalized spacial score (nSPS) is 24.8. The second-order valence-corrected chi connectivity index (χ2v) is 7.21. The van der Waals surface area contributed by atoms with E-state index in [1.165, 1.54) is 22.4 Å². The molecule has 1 aromatic carbocycles. The second-order valence-electron chi connectivity index (χ2n) is 7.21. The summed E-state index contributed by atoms with van der Waals surface area (Å²) in [5.41, 5.74) is 5.58. The van der Waals surface area contributed by atoms with Gasteiger partial charge in [-0.15, -0.1) is 0 Å². The highest BCUT2D eigenvalue weighted by molar-refractivity contribution is 5.71. The number of aryl methyl sites for hydroxylation is 2. The maximum absolute atomic E-state index is 5.82. The van der Waals surface area contributed by atoms with Gasteiger partial charge in [-0.3, -0.25) is 0 Å². The number of nitrogens with zero attached hydrogens (tertiary/aromatic N) is 1. The molecule has 1 aliphatic carbocycles. The first-order valence-electron chi connectivity index (χ1n) is 8.90. The number of pyridine rings is 1. The topological polar surface area (TPSA) is 40.8 Å². The zero-order chi connectivity index (χ0) is 17.9. The van der Waals surface area contributed by atoms with Crippen LogP contribution in [0, 0.1) is 0 Å². The van der Waals surface area contributed by atoms with Gasteiger partial charge in [-0.05, 0) is 36.3 Å². The average Bonchev–Trinajstić information content (AvgIpc) is 3.12. The fourth-order valence-electron chi connectivity index (χ4n) is 4.26. The molecule has 0 N–H and O–H groups in total. The van der Waals surface area contributed by atoms with Crippen LogP contribution < -0.4 is 14.0 Å². The molecule has 2 unspecified atom stereocenters. The van der Waals surface area contributed by atoms with Crippen molar-refractivity contribution < 1.29 is 23.5 Å². The predicted molar refractivity (Wildman–Crippen MR) is 96.1 cm³/mol.